The van der Waals surface area contributed by atoms with Crippen LogP contribution in [0.25, 0.3) is 0 Å². The molecule has 0 fully saturated rings. The highest BCUT2D eigenvalue weighted by Crippen LogP contribution is 2.32. The zero-order chi connectivity index (χ0) is 10.9. The van der Waals surface area contributed by atoms with Gasteiger partial charge in [0.1, 0.15) is 0 Å². The molecule has 0 heterocycles. The van der Waals surface area contributed by atoms with Gasteiger partial charge in [-0.2, -0.15) is 13.2 Å². The number of halogens is 3. The van der Waals surface area contributed by atoms with Crippen molar-refractivity contribution in [3.8, 4) is 0 Å². The normalized spacial score (nSPS) is 11.4. The number of benzene rings is 1. The van der Waals surface area contributed by atoms with Gasteiger partial charge in [-0.05, 0) is 24.6 Å². The van der Waals surface area contributed by atoms with E-state index >= 15 is 0 Å². The highest BCUT2D eigenvalue weighted by Gasteiger charge is 2.33. The van der Waals surface area contributed by atoms with E-state index in [0.29, 0.717) is 0 Å². The molecular weight excluding hydrogens is 197 g/mol. The van der Waals surface area contributed by atoms with Crippen LogP contribution in [0, 0.1) is 6.92 Å². The van der Waals surface area contributed by atoms with Crippen LogP contribution < -0.4 is 0 Å². The van der Waals surface area contributed by atoms with Crippen molar-refractivity contribution in [1.82, 2.24) is 0 Å². The first-order chi connectivity index (χ1) is 6.34. The Labute approximate surface area is 78.0 Å². The Bertz CT molecular complexity index is 369. The first kappa shape index (κ1) is 10.6. The van der Waals surface area contributed by atoms with Crippen molar-refractivity contribution in [3.05, 3.63) is 41.8 Å². The fraction of sp³-hybridized carbons (Fsp3) is 0.111. The summed E-state index contributed by atoms with van der Waals surface area (Å²) < 4.78 is 36.8. The van der Waals surface area contributed by atoms with Crippen molar-refractivity contribution in [2.75, 3.05) is 0 Å². The van der Waals surface area contributed by atoms with E-state index in [1.54, 1.807) is 0 Å². The molecule has 1 N–H and O–H groups in total. The number of aromatic carboxylic acids is 1. The summed E-state index contributed by atoms with van der Waals surface area (Å²) in [5, 5.41) is 8.55. The molecule has 0 amide bonds. The van der Waals surface area contributed by atoms with Gasteiger partial charge < -0.3 is 5.11 Å². The molecule has 0 saturated carbocycles. The summed E-state index contributed by atoms with van der Waals surface area (Å²) >= 11 is 0. The first-order valence-electron chi connectivity index (χ1n) is 3.59. The minimum Gasteiger partial charge on any atom is -0.478 e. The van der Waals surface area contributed by atoms with Gasteiger partial charge in [-0.3, -0.25) is 0 Å². The van der Waals surface area contributed by atoms with Gasteiger partial charge in [0.25, 0.3) is 0 Å². The van der Waals surface area contributed by atoms with Gasteiger partial charge in [0.15, 0.2) is 0 Å². The van der Waals surface area contributed by atoms with Gasteiger partial charge in [0.05, 0.1) is 11.1 Å². The maximum atomic E-state index is 12.3. The van der Waals surface area contributed by atoms with Crippen molar-refractivity contribution in [2.24, 2.45) is 0 Å². The quantitative estimate of drug-likeness (QED) is 0.761. The maximum absolute atomic E-state index is 12.3. The molecular formula is C9H6F3O2. The Kier molecular flexibility index (Phi) is 2.51. The van der Waals surface area contributed by atoms with E-state index in [9.17, 15) is 18.0 Å². The van der Waals surface area contributed by atoms with Gasteiger partial charge in [0.2, 0.25) is 0 Å². The second-order valence-corrected chi connectivity index (χ2v) is 2.63. The largest absolute Gasteiger partial charge is 0.478 e. The third-order valence-electron chi connectivity index (χ3n) is 1.71. The Morgan fingerprint density at radius 1 is 1.36 bits per heavy atom. The smallest absolute Gasteiger partial charge is 0.416 e. The SMILES string of the molecule is [CH2]c1c(C(=O)O)cccc1C(F)(F)F. The summed E-state index contributed by atoms with van der Waals surface area (Å²) in [6.45, 7) is 3.11. The minimum absolute atomic E-state index is 0.431. The fourth-order valence-corrected chi connectivity index (χ4v) is 1.05. The van der Waals surface area contributed by atoms with Gasteiger partial charge in [-0.25, -0.2) is 4.79 Å². The van der Waals surface area contributed by atoms with Crippen molar-refractivity contribution < 1.29 is 23.1 Å². The van der Waals surface area contributed by atoms with E-state index in [-0.39, 0.29) is 0 Å². The number of carboxylic acids is 1. The molecule has 0 aliphatic carbocycles. The summed E-state index contributed by atoms with van der Waals surface area (Å²) in [5.41, 5.74) is -1.95. The molecule has 1 aromatic rings. The van der Waals surface area contributed by atoms with Gasteiger partial charge in [-0.15, -0.1) is 0 Å². The molecule has 1 aromatic carbocycles. The third-order valence-corrected chi connectivity index (χ3v) is 1.71. The molecule has 2 nitrogen and oxygen atoms in total. The zero-order valence-electron chi connectivity index (χ0n) is 6.93. The highest BCUT2D eigenvalue weighted by molar-refractivity contribution is 5.90. The van der Waals surface area contributed by atoms with Crippen LogP contribution in [-0.4, -0.2) is 11.1 Å². The van der Waals surface area contributed by atoms with E-state index in [0.717, 1.165) is 18.2 Å². The van der Waals surface area contributed by atoms with Crippen LogP contribution in [0.5, 0.6) is 0 Å². The molecule has 75 valence electrons. The number of rotatable bonds is 1. The average Bonchev–Trinajstić information content (AvgIpc) is 2.01. The lowest BCUT2D eigenvalue weighted by atomic mass is 10.0. The van der Waals surface area contributed by atoms with E-state index in [1.807, 2.05) is 0 Å². The Morgan fingerprint density at radius 2 is 1.93 bits per heavy atom. The predicted octanol–water partition coefficient (Wildman–Crippen LogP) is 2.59. The number of alkyl halides is 3. The number of carboxylic acid groups (broad SMARTS) is 1. The molecule has 0 saturated heterocycles. The van der Waals surface area contributed by atoms with E-state index < -0.39 is 28.8 Å². The second kappa shape index (κ2) is 3.32. The summed E-state index contributed by atoms with van der Waals surface area (Å²) in [5.74, 6) is -1.42. The van der Waals surface area contributed by atoms with Crippen molar-refractivity contribution in [1.29, 1.82) is 0 Å². The van der Waals surface area contributed by atoms with Crippen LogP contribution in [0.2, 0.25) is 0 Å². The topological polar surface area (TPSA) is 37.3 Å². The molecule has 0 spiro atoms. The predicted molar refractivity (Wildman–Crippen MR) is 42.9 cm³/mol. The molecule has 1 radical (unpaired) electrons. The molecule has 0 unspecified atom stereocenters. The van der Waals surface area contributed by atoms with Gasteiger partial charge in [-0.1, -0.05) is 6.07 Å². The molecule has 14 heavy (non-hydrogen) atoms. The highest BCUT2D eigenvalue weighted by atomic mass is 19.4. The molecule has 1 rings (SSSR count). The van der Waals surface area contributed by atoms with E-state index in [2.05, 4.69) is 6.92 Å². The van der Waals surface area contributed by atoms with Gasteiger partial charge in [0, 0.05) is 0 Å². The Hall–Kier alpha value is -1.52. The Balaban J connectivity index is 3.35. The van der Waals surface area contributed by atoms with Crippen LogP contribution in [0.4, 0.5) is 13.2 Å². The first-order valence-corrected chi connectivity index (χ1v) is 3.59. The lowest BCUT2D eigenvalue weighted by molar-refractivity contribution is -0.137. The van der Waals surface area contributed by atoms with Crippen molar-refractivity contribution >= 4 is 5.97 Å². The van der Waals surface area contributed by atoms with Crippen LogP contribution in [0.1, 0.15) is 21.5 Å². The number of carbonyl (C=O) groups is 1. The van der Waals surface area contributed by atoms with Crippen LogP contribution in [0.3, 0.4) is 0 Å². The van der Waals surface area contributed by atoms with Crippen molar-refractivity contribution in [3.63, 3.8) is 0 Å². The zero-order valence-corrected chi connectivity index (χ0v) is 6.93. The molecule has 0 aromatic heterocycles. The summed E-state index contributed by atoms with van der Waals surface area (Å²) in [6, 6.07) is 2.93. The summed E-state index contributed by atoms with van der Waals surface area (Å²) in [4.78, 5) is 10.5. The number of hydrogen-bond acceptors (Lipinski definition) is 1. The molecule has 0 bridgehead atoms. The molecule has 0 atom stereocenters. The van der Waals surface area contributed by atoms with E-state index in [4.69, 9.17) is 5.11 Å². The summed E-state index contributed by atoms with van der Waals surface area (Å²) in [6.07, 6.45) is -4.57. The average molecular weight is 203 g/mol. The lowest BCUT2D eigenvalue weighted by Crippen LogP contribution is -2.11. The summed E-state index contributed by atoms with van der Waals surface area (Å²) in [7, 11) is 0. The Morgan fingerprint density at radius 3 is 2.36 bits per heavy atom. The van der Waals surface area contributed by atoms with E-state index in [1.165, 1.54) is 0 Å². The van der Waals surface area contributed by atoms with Crippen LogP contribution >= 0.6 is 0 Å². The minimum atomic E-state index is -4.57. The van der Waals surface area contributed by atoms with Crippen LogP contribution in [-0.2, 0) is 6.18 Å². The molecule has 0 aliphatic heterocycles. The second-order valence-electron chi connectivity index (χ2n) is 2.63. The standard InChI is InChI=1S/C9H6F3O2/c1-5-6(8(13)14)3-2-4-7(5)9(10,11)12/h2-4H,1H2,(H,13,14). The molecule has 5 heteroatoms. The monoisotopic (exact) mass is 203 g/mol. The van der Waals surface area contributed by atoms with Crippen LogP contribution in [0.15, 0.2) is 18.2 Å². The third kappa shape index (κ3) is 1.86. The molecule has 0 aliphatic rings. The lowest BCUT2D eigenvalue weighted by Gasteiger charge is -2.11. The van der Waals surface area contributed by atoms with Gasteiger partial charge >= 0.3 is 12.1 Å². The maximum Gasteiger partial charge on any atom is 0.416 e. The fourth-order valence-electron chi connectivity index (χ4n) is 1.05. The van der Waals surface area contributed by atoms with Crippen molar-refractivity contribution in [2.45, 2.75) is 6.18 Å². The number of hydrogen-bond donors (Lipinski definition) is 1.